The summed E-state index contributed by atoms with van der Waals surface area (Å²) >= 11 is 0. The highest BCUT2D eigenvalue weighted by molar-refractivity contribution is 6.10. The van der Waals surface area contributed by atoms with Crippen LogP contribution in [0.5, 0.6) is 0 Å². The molecule has 306 valence electrons. The molecule has 63 heavy (non-hydrogen) atoms. The second kappa shape index (κ2) is 15.5. The Morgan fingerprint density at radius 1 is 0.333 bits per heavy atom. The number of hydrogen-bond donors (Lipinski definition) is 0. The number of halogens is 6. The maximum atomic E-state index is 14.2. The van der Waals surface area contributed by atoms with E-state index in [-0.39, 0.29) is 21.8 Å². The van der Waals surface area contributed by atoms with Crippen LogP contribution in [0, 0.1) is 0 Å². The van der Waals surface area contributed by atoms with Crippen molar-refractivity contribution in [3.05, 3.63) is 199 Å². The lowest BCUT2D eigenvalue weighted by atomic mass is 9.99. The van der Waals surface area contributed by atoms with Crippen molar-refractivity contribution >= 4 is 21.8 Å². The van der Waals surface area contributed by atoms with Crippen LogP contribution in [-0.2, 0) is 12.4 Å². The van der Waals surface area contributed by atoms with Gasteiger partial charge in [-0.2, -0.15) is 26.3 Å². The largest absolute Gasteiger partial charge is 0.416 e. The molecule has 0 N–H and O–H groups in total. The van der Waals surface area contributed by atoms with Crippen molar-refractivity contribution in [1.82, 2.24) is 24.5 Å². The highest BCUT2D eigenvalue weighted by atomic mass is 19.4. The third-order valence-electron chi connectivity index (χ3n) is 10.9. The van der Waals surface area contributed by atoms with Gasteiger partial charge in [0.1, 0.15) is 0 Å². The Morgan fingerprint density at radius 3 is 1.14 bits per heavy atom. The molecule has 0 saturated heterocycles. The zero-order chi connectivity index (χ0) is 43.3. The van der Waals surface area contributed by atoms with E-state index in [0.29, 0.717) is 51.2 Å². The smallest absolute Gasteiger partial charge is 0.309 e. The monoisotopic (exact) mass is 839 g/mol. The van der Waals surface area contributed by atoms with Gasteiger partial charge in [-0.15, -0.1) is 0 Å². The second-order valence-electron chi connectivity index (χ2n) is 14.9. The molecule has 0 bridgehead atoms. The summed E-state index contributed by atoms with van der Waals surface area (Å²) in [7, 11) is 0. The SMILES string of the molecule is FC(F)(F)c1ccc2c(c1)c1cc(C(F)(F)F)ccc1n2-c1ccc(-c2cc(-c3ccccc3)nc(-c3ccccc3)n2)cc1-c1cc(-c2ccccc2)nc(-c2ccccc2)n1. The number of rotatable bonds is 7. The zero-order valence-corrected chi connectivity index (χ0v) is 32.9. The summed E-state index contributed by atoms with van der Waals surface area (Å²) in [5, 5.41) is 0.0174. The van der Waals surface area contributed by atoms with E-state index in [9.17, 15) is 26.3 Å². The van der Waals surface area contributed by atoms with E-state index in [4.69, 9.17) is 19.9 Å². The number of fused-ring (bicyclic) bond motifs is 3. The lowest BCUT2D eigenvalue weighted by molar-refractivity contribution is -0.138. The molecule has 0 aliphatic rings. The Morgan fingerprint density at radius 2 is 0.714 bits per heavy atom. The first kappa shape index (κ1) is 39.2. The van der Waals surface area contributed by atoms with Crippen LogP contribution in [0.25, 0.3) is 95.3 Å². The predicted molar refractivity (Wildman–Crippen MR) is 235 cm³/mol. The van der Waals surface area contributed by atoms with Crippen LogP contribution in [0.2, 0.25) is 0 Å². The first-order valence-corrected chi connectivity index (χ1v) is 19.9. The fourth-order valence-corrected chi connectivity index (χ4v) is 7.86. The van der Waals surface area contributed by atoms with Crippen LogP contribution < -0.4 is 0 Å². The van der Waals surface area contributed by atoms with Gasteiger partial charge in [0.05, 0.1) is 50.6 Å². The third kappa shape index (κ3) is 7.58. The summed E-state index contributed by atoms with van der Waals surface area (Å²) in [6.07, 6.45) is -9.48. The van der Waals surface area contributed by atoms with Crippen molar-refractivity contribution in [3.63, 3.8) is 0 Å². The highest BCUT2D eigenvalue weighted by Crippen LogP contribution is 2.43. The predicted octanol–water partition coefficient (Wildman–Crippen LogP) is 14.4. The molecule has 0 aliphatic carbocycles. The number of alkyl halides is 6. The summed E-state index contributed by atoms with van der Waals surface area (Å²) in [5.41, 5.74) is 5.72. The van der Waals surface area contributed by atoms with Crippen molar-refractivity contribution in [2.75, 3.05) is 0 Å². The zero-order valence-electron chi connectivity index (χ0n) is 32.9. The lowest BCUT2D eigenvalue weighted by Gasteiger charge is -2.17. The molecule has 0 atom stereocenters. The van der Waals surface area contributed by atoms with Crippen molar-refractivity contribution in [2.24, 2.45) is 0 Å². The molecular weight excluding hydrogens is 809 g/mol. The minimum atomic E-state index is -4.74. The molecule has 10 aromatic rings. The van der Waals surface area contributed by atoms with Crippen LogP contribution >= 0.6 is 0 Å². The van der Waals surface area contributed by atoms with E-state index < -0.39 is 23.5 Å². The molecule has 10 rings (SSSR count). The van der Waals surface area contributed by atoms with Gasteiger partial charge in [0.15, 0.2) is 11.6 Å². The number of nitrogens with zero attached hydrogens (tertiary/aromatic N) is 5. The summed E-state index contributed by atoms with van der Waals surface area (Å²) in [6, 6.07) is 53.9. The summed E-state index contributed by atoms with van der Waals surface area (Å²) in [6.45, 7) is 0. The van der Waals surface area contributed by atoms with Crippen molar-refractivity contribution < 1.29 is 26.3 Å². The van der Waals surface area contributed by atoms with Crippen LogP contribution in [0.1, 0.15) is 11.1 Å². The van der Waals surface area contributed by atoms with E-state index in [1.54, 1.807) is 10.6 Å². The van der Waals surface area contributed by atoms with Gasteiger partial charge in [-0.3, -0.25) is 0 Å². The van der Waals surface area contributed by atoms with Crippen LogP contribution in [0.3, 0.4) is 0 Å². The molecule has 0 amide bonds. The van der Waals surface area contributed by atoms with E-state index in [2.05, 4.69) is 0 Å². The van der Waals surface area contributed by atoms with Gasteiger partial charge in [-0.1, -0.05) is 127 Å². The minimum absolute atomic E-state index is 0.00870. The molecular formula is C52H31F6N5. The molecule has 7 aromatic carbocycles. The van der Waals surface area contributed by atoms with E-state index in [1.165, 1.54) is 12.1 Å². The van der Waals surface area contributed by atoms with E-state index in [1.807, 2.05) is 146 Å². The molecule has 3 heterocycles. The average Bonchev–Trinajstić information content (AvgIpc) is 3.64. The lowest BCUT2D eigenvalue weighted by Crippen LogP contribution is -2.05. The fraction of sp³-hybridized carbons (Fsp3) is 0.0385. The van der Waals surface area contributed by atoms with Gasteiger partial charge in [0.2, 0.25) is 0 Å². The Hall–Kier alpha value is -7.92. The molecule has 0 fully saturated rings. The van der Waals surface area contributed by atoms with E-state index in [0.717, 1.165) is 46.5 Å². The maximum Gasteiger partial charge on any atom is 0.416 e. The normalized spacial score (nSPS) is 12.0. The molecule has 0 unspecified atom stereocenters. The van der Waals surface area contributed by atoms with Gasteiger partial charge in [-0.25, -0.2) is 19.9 Å². The molecule has 0 spiro atoms. The van der Waals surface area contributed by atoms with Crippen LogP contribution in [0.15, 0.2) is 188 Å². The topological polar surface area (TPSA) is 56.5 Å². The first-order valence-electron chi connectivity index (χ1n) is 19.9. The number of aromatic nitrogens is 5. The summed E-state index contributed by atoms with van der Waals surface area (Å²) in [5.74, 6) is 0.899. The highest BCUT2D eigenvalue weighted by Gasteiger charge is 2.34. The maximum absolute atomic E-state index is 14.2. The standard InChI is InChI=1S/C52H31F6N5/c53-51(54,55)37-22-25-46-39(28-37)40-29-38(52(56,57)58)23-26-47(40)63(46)48-24-21-36(44-30-42(32-13-5-1-6-14-32)59-49(61-44)34-17-9-3-10-18-34)27-41(48)45-31-43(33-15-7-2-8-16-33)60-50(62-45)35-19-11-4-12-20-35/h1-31H. The Balaban J connectivity index is 1.29. The fourth-order valence-electron chi connectivity index (χ4n) is 7.86. The molecule has 11 heteroatoms. The van der Waals surface area contributed by atoms with Crippen LogP contribution in [-0.4, -0.2) is 24.5 Å². The number of benzene rings is 7. The van der Waals surface area contributed by atoms with Crippen molar-refractivity contribution in [1.29, 1.82) is 0 Å². The van der Waals surface area contributed by atoms with Crippen molar-refractivity contribution in [3.8, 4) is 73.5 Å². The van der Waals surface area contributed by atoms with Crippen molar-refractivity contribution in [2.45, 2.75) is 12.4 Å². The van der Waals surface area contributed by atoms with Gasteiger partial charge >= 0.3 is 12.4 Å². The van der Waals surface area contributed by atoms with Gasteiger partial charge in [-0.05, 0) is 60.7 Å². The molecule has 3 aromatic heterocycles. The summed E-state index contributed by atoms with van der Waals surface area (Å²) in [4.78, 5) is 20.1. The Kier molecular flexibility index (Phi) is 9.67. The second-order valence-corrected chi connectivity index (χ2v) is 14.9. The Labute approximate surface area is 356 Å². The molecule has 5 nitrogen and oxygen atoms in total. The average molecular weight is 840 g/mol. The van der Waals surface area contributed by atoms with E-state index >= 15 is 0 Å². The van der Waals surface area contributed by atoms with Gasteiger partial charge < -0.3 is 4.57 Å². The first-order chi connectivity index (χ1) is 30.5. The minimum Gasteiger partial charge on any atom is -0.309 e. The Bertz CT molecular complexity index is 3110. The third-order valence-corrected chi connectivity index (χ3v) is 10.9. The quantitative estimate of drug-likeness (QED) is 0.150. The molecule has 0 radical (unpaired) electrons. The molecule has 0 saturated carbocycles. The molecule has 0 aliphatic heterocycles. The van der Waals surface area contributed by atoms with Gasteiger partial charge in [0.25, 0.3) is 0 Å². The summed E-state index contributed by atoms with van der Waals surface area (Å²) < 4.78 is 87.0. The van der Waals surface area contributed by atoms with Gasteiger partial charge in [0, 0.05) is 44.2 Å². The number of hydrogen-bond acceptors (Lipinski definition) is 4. The van der Waals surface area contributed by atoms with Crippen LogP contribution in [0.4, 0.5) is 26.3 Å².